The van der Waals surface area contributed by atoms with E-state index in [-0.39, 0.29) is 24.0 Å². The lowest BCUT2D eigenvalue weighted by Gasteiger charge is -2.10. The number of benzene rings is 2. The number of ether oxygens (including phenoxy) is 3. The van der Waals surface area contributed by atoms with Crippen molar-refractivity contribution in [1.29, 1.82) is 0 Å². The Balaban J connectivity index is 0.00000312. The number of guanidine groups is 1. The molecule has 2 rings (SSSR count). The molecular formula is C18H24IN3O3. The van der Waals surface area contributed by atoms with Crippen LogP contribution in [-0.2, 0) is 13.1 Å². The average molecular weight is 457 g/mol. The van der Waals surface area contributed by atoms with Crippen LogP contribution in [0.2, 0.25) is 0 Å². The van der Waals surface area contributed by atoms with Crippen LogP contribution in [0.4, 0.5) is 0 Å². The summed E-state index contributed by atoms with van der Waals surface area (Å²) in [6, 6.07) is 13.5. The van der Waals surface area contributed by atoms with Gasteiger partial charge >= 0.3 is 0 Å². The Morgan fingerprint density at radius 1 is 0.960 bits per heavy atom. The van der Waals surface area contributed by atoms with Gasteiger partial charge in [0.15, 0.2) is 17.5 Å². The summed E-state index contributed by atoms with van der Waals surface area (Å²) in [6.07, 6.45) is 0. The minimum atomic E-state index is 0. The molecule has 0 atom stereocenters. The quantitative estimate of drug-likeness (QED) is 0.380. The number of rotatable bonds is 7. The molecule has 0 aliphatic carbocycles. The molecule has 2 aromatic carbocycles. The molecule has 7 heteroatoms. The summed E-state index contributed by atoms with van der Waals surface area (Å²) < 4.78 is 15.7. The molecule has 0 saturated heterocycles. The Bertz CT molecular complexity index is 708. The molecule has 0 aliphatic heterocycles. The molecular weight excluding hydrogens is 433 g/mol. The van der Waals surface area contributed by atoms with Gasteiger partial charge in [0.2, 0.25) is 0 Å². The first-order valence-corrected chi connectivity index (χ1v) is 7.54. The molecule has 25 heavy (non-hydrogen) atoms. The van der Waals surface area contributed by atoms with Gasteiger partial charge in [0.1, 0.15) is 5.75 Å². The first-order chi connectivity index (χ1) is 11.7. The second-order valence-electron chi connectivity index (χ2n) is 5.10. The number of hydrogen-bond donors (Lipinski definition) is 2. The Morgan fingerprint density at radius 3 is 2.40 bits per heavy atom. The zero-order chi connectivity index (χ0) is 17.4. The number of nitrogens with two attached hydrogens (primary N) is 1. The van der Waals surface area contributed by atoms with Crippen molar-refractivity contribution in [2.24, 2.45) is 10.7 Å². The first-order valence-electron chi connectivity index (χ1n) is 7.54. The second-order valence-corrected chi connectivity index (χ2v) is 5.10. The summed E-state index contributed by atoms with van der Waals surface area (Å²) in [4.78, 5) is 4.33. The van der Waals surface area contributed by atoms with Crippen LogP contribution in [0.15, 0.2) is 47.5 Å². The lowest BCUT2D eigenvalue weighted by atomic mass is 10.2. The largest absolute Gasteiger partial charge is 0.497 e. The smallest absolute Gasteiger partial charge is 0.189 e. The van der Waals surface area contributed by atoms with Crippen molar-refractivity contribution in [3.05, 3.63) is 53.6 Å². The van der Waals surface area contributed by atoms with Gasteiger partial charge in [-0.25, -0.2) is 4.99 Å². The maximum absolute atomic E-state index is 5.92. The predicted octanol–water partition coefficient (Wildman–Crippen LogP) is 2.93. The van der Waals surface area contributed by atoms with Gasteiger partial charge in [-0.1, -0.05) is 18.2 Å². The van der Waals surface area contributed by atoms with Crippen LogP contribution < -0.4 is 25.3 Å². The van der Waals surface area contributed by atoms with Gasteiger partial charge in [-0.05, 0) is 35.4 Å². The van der Waals surface area contributed by atoms with E-state index in [0.29, 0.717) is 30.5 Å². The molecule has 2 aromatic rings. The Kier molecular flexibility index (Phi) is 8.90. The number of methoxy groups -OCH3 is 3. The summed E-state index contributed by atoms with van der Waals surface area (Å²) in [6.45, 7) is 1.04. The van der Waals surface area contributed by atoms with Crippen molar-refractivity contribution in [1.82, 2.24) is 5.32 Å². The molecule has 0 amide bonds. The van der Waals surface area contributed by atoms with Crippen LogP contribution in [0.1, 0.15) is 11.1 Å². The van der Waals surface area contributed by atoms with Gasteiger partial charge in [-0.3, -0.25) is 0 Å². The Hall–Kier alpha value is -2.16. The van der Waals surface area contributed by atoms with Crippen LogP contribution in [0.3, 0.4) is 0 Å². The lowest BCUT2D eigenvalue weighted by molar-refractivity contribution is 0.354. The van der Waals surface area contributed by atoms with E-state index in [9.17, 15) is 0 Å². The highest BCUT2D eigenvalue weighted by atomic mass is 127. The van der Waals surface area contributed by atoms with E-state index in [1.807, 2.05) is 42.5 Å². The van der Waals surface area contributed by atoms with Gasteiger partial charge in [-0.2, -0.15) is 0 Å². The highest BCUT2D eigenvalue weighted by Gasteiger charge is 2.04. The van der Waals surface area contributed by atoms with Crippen molar-refractivity contribution in [3.63, 3.8) is 0 Å². The molecule has 0 spiro atoms. The summed E-state index contributed by atoms with van der Waals surface area (Å²) in [5.41, 5.74) is 7.97. The molecule has 0 bridgehead atoms. The van der Waals surface area contributed by atoms with Gasteiger partial charge in [0.05, 0.1) is 27.9 Å². The molecule has 0 unspecified atom stereocenters. The number of nitrogens with one attached hydrogen (secondary N) is 1. The standard InChI is InChI=1S/C18H23N3O3.HI/c1-22-15-6-4-5-13(9-15)11-20-18(19)21-12-14-7-8-16(23-2)17(10-14)24-3;/h4-10H,11-12H2,1-3H3,(H3,19,20,21);1H. The zero-order valence-corrected chi connectivity index (χ0v) is 16.9. The van der Waals surface area contributed by atoms with Crippen molar-refractivity contribution in [2.45, 2.75) is 13.1 Å². The van der Waals surface area contributed by atoms with Crippen LogP contribution >= 0.6 is 24.0 Å². The molecule has 6 nitrogen and oxygen atoms in total. The van der Waals surface area contributed by atoms with Crippen LogP contribution in [0.25, 0.3) is 0 Å². The molecule has 3 N–H and O–H groups in total. The fourth-order valence-corrected chi connectivity index (χ4v) is 2.19. The molecule has 0 aromatic heterocycles. The summed E-state index contributed by atoms with van der Waals surface area (Å²) in [5, 5.41) is 3.09. The number of nitrogens with zero attached hydrogens (tertiary/aromatic N) is 1. The third-order valence-electron chi connectivity index (χ3n) is 3.49. The lowest BCUT2D eigenvalue weighted by Crippen LogP contribution is -2.31. The maximum Gasteiger partial charge on any atom is 0.189 e. The third kappa shape index (κ3) is 6.33. The van der Waals surface area contributed by atoms with Gasteiger partial charge < -0.3 is 25.3 Å². The van der Waals surface area contributed by atoms with E-state index in [4.69, 9.17) is 19.9 Å². The molecule has 0 radical (unpaired) electrons. The van der Waals surface area contributed by atoms with E-state index in [2.05, 4.69) is 10.3 Å². The molecule has 0 heterocycles. The predicted molar refractivity (Wildman–Crippen MR) is 110 cm³/mol. The molecule has 136 valence electrons. The normalized spacial score (nSPS) is 10.6. The first kappa shape index (κ1) is 20.9. The van der Waals surface area contributed by atoms with E-state index in [0.717, 1.165) is 16.9 Å². The molecule has 0 aliphatic rings. The Morgan fingerprint density at radius 2 is 1.72 bits per heavy atom. The summed E-state index contributed by atoms with van der Waals surface area (Å²) in [5.74, 6) is 2.57. The monoisotopic (exact) mass is 457 g/mol. The number of hydrogen-bond acceptors (Lipinski definition) is 4. The summed E-state index contributed by atoms with van der Waals surface area (Å²) >= 11 is 0. The van der Waals surface area contributed by atoms with Crippen molar-refractivity contribution >= 4 is 29.9 Å². The zero-order valence-electron chi connectivity index (χ0n) is 14.6. The maximum atomic E-state index is 5.92. The average Bonchev–Trinajstić information content (AvgIpc) is 2.64. The second kappa shape index (κ2) is 10.7. The van der Waals surface area contributed by atoms with Crippen molar-refractivity contribution in [3.8, 4) is 17.2 Å². The van der Waals surface area contributed by atoms with E-state index >= 15 is 0 Å². The molecule has 0 fully saturated rings. The topological polar surface area (TPSA) is 78.1 Å². The van der Waals surface area contributed by atoms with Gasteiger partial charge in [0, 0.05) is 6.54 Å². The van der Waals surface area contributed by atoms with E-state index in [1.54, 1.807) is 21.3 Å². The van der Waals surface area contributed by atoms with Crippen molar-refractivity contribution < 1.29 is 14.2 Å². The fourth-order valence-electron chi connectivity index (χ4n) is 2.19. The van der Waals surface area contributed by atoms with E-state index in [1.165, 1.54) is 0 Å². The van der Waals surface area contributed by atoms with Gasteiger partial charge in [0.25, 0.3) is 0 Å². The highest BCUT2D eigenvalue weighted by Crippen LogP contribution is 2.27. The Labute approximate surface area is 165 Å². The van der Waals surface area contributed by atoms with Crippen LogP contribution in [-0.4, -0.2) is 27.3 Å². The van der Waals surface area contributed by atoms with Gasteiger partial charge in [-0.15, -0.1) is 24.0 Å². The SMILES string of the molecule is COc1cccc(CN=C(N)NCc2ccc(OC)c(OC)c2)c1.I. The minimum Gasteiger partial charge on any atom is -0.497 e. The number of halogens is 1. The van der Waals surface area contributed by atoms with E-state index < -0.39 is 0 Å². The minimum absolute atomic E-state index is 0. The molecule has 0 saturated carbocycles. The van der Waals surface area contributed by atoms with Crippen LogP contribution in [0, 0.1) is 0 Å². The van der Waals surface area contributed by atoms with Crippen molar-refractivity contribution in [2.75, 3.05) is 21.3 Å². The highest BCUT2D eigenvalue weighted by molar-refractivity contribution is 14.0. The number of aliphatic imine (C=N–C) groups is 1. The van der Waals surface area contributed by atoms with Crippen LogP contribution in [0.5, 0.6) is 17.2 Å². The fraction of sp³-hybridized carbons (Fsp3) is 0.278. The third-order valence-corrected chi connectivity index (χ3v) is 3.49. The summed E-state index contributed by atoms with van der Waals surface area (Å²) in [7, 11) is 4.86.